The molecule has 3 N–H and O–H groups in total. The molecule has 4 heteroatoms. The van der Waals surface area contributed by atoms with Gasteiger partial charge in [-0.25, -0.2) is 0 Å². The van der Waals surface area contributed by atoms with E-state index in [4.69, 9.17) is 5.73 Å². The van der Waals surface area contributed by atoms with E-state index in [1.807, 2.05) is 21.0 Å². The molecule has 1 rings (SSSR count). The van der Waals surface area contributed by atoms with Crippen LogP contribution < -0.4 is 11.1 Å². The number of benzene rings is 1. The first-order chi connectivity index (χ1) is 9.45. The third kappa shape index (κ3) is 4.94. The zero-order valence-corrected chi connectivity index (χ0v) is 13.0. The molecule has 0 radical (unpaired) electrons. The van der Waals surface area contributed by atoms with Crippen LogP contribution in [0, 0.1) is 6.92 Å². The van der Waals surface area contributed by atoms with Gasteiger partial charge in [-0.15, -0.1) is 0 Å². The van der Waals surface area contributed by atoms with Gasteiger partial charge in [-0.05, 0) is 33.0 Å². The molecule has 0 saturated carbocycles. The number of nitrogens with one attached hydrogen (secondary N) is 1. The third-order valence-corrected chi connectivity index (χ3v) is 3.49. The van der Waals surface area contributed by atoms with Crippen LogP contribution in [0.25, 0.3) is 0 Å². The molecular weight excluding hydrogens is 250 g/mol. The topological polar surface area (TPSA) is 58.4 Å². The summed E-state index contributed by atoms with van der Waals surface area (Å²) in [5.74, 6) is -0.0641. The summed E-state index contributed by atoms with van der Waals surface area (Å²) in [6.07, 6.45) is 1.65. The fourth-order valence-corrected chi connectivity index (χ4v) is 2.16. The molecule has 0 aliphatic rings. The molecule has 0 fully saturated rings. The van der Waals surface area contributed by atoms with Crippen LogP contribution in [0.5, 0.6) is 0 Å². The second kappa shape index (κ2) is 8.02. The van der Waals surface area contributed by atoms with E-state index in [9.17, 15) is 4.79 Å². The van der Waals surface area contributed by atoms with E-state index < -0.39 is 6.04 Å². The molecule has 0 aliphatic heterocycles. The third-order valence-electron chi connectivity index (χ3n) is 3.49. The number of hydrogen-bond donors (Lipinski definition) is 2. The Labute approximate surface area is 122 Å². The number of amides is 1. The zero-order valence-electron chi connectivity index (χ0n) is 13.0. The summed E-state index contributed by atoms with van der Waals surface area (Å²) in [4.78, 5) is 14.0. The minimum absolute atomic E-state index is 0.0641. The van der Waals surface area contributed by atoms with E-state index in [1.54, 1.807) is 0 Å². The highest BCUT2D eigenvalue weighted by Crippen LogP contribution is 2.17. The van der Waals surface area contributed by atoms with Crippen molar-refractivity contribution in [2.75, 3.05) is 20.6 Å². The van der Waals surface area contributed by atoms with Crippen molar-refractivity contribution in [3.63, 3.8) is 0 Å². The number of rotatable bonds is 7. The van der Waals surface area contributed by atoms with E-state index in [1.165, 1.54) is 11.1 Å². The summed E-state index contributed by atoms with van der Waals surface area (Å²) in [6, 6.07) is 8.16. The normalized spacial score (nSPS) is 14.1. The fourth-order valence-electron chi connectivity index (χ4n) is 2.16. The standard InChI is InChI=1S/C16H27N3O/c1-5-6-14(17)16(20)18-11-15(19(3)4)13-9-7-12(2)8-10-13/h7-10,14-15H,5-6,11,17H2,1-4H3,(H,18,20). The van der Waals surface area contributed by atoms with Crippen LogP contribution in [-0.2, 0) is 4.79 Å². The van der Waals surface area contributed by atoms with Gasteiger partial charge < -0.3 is 16.0 Å². The van der Waals surface area contributed by atoms with Crippen molar-refractivity contribution < 1.29 is 4.79 Å². The Bertz CT molecular complexity index is 414. The van der Waals surface area contributed by atoms with Crippen molar-refractivity contribution in [1.29, 1.82) is 0 Å². The van der Waals surface area contributed by atoms with Gasteiger partial charge in [0.2, 0.25) is 5.91 Å². The van der Waals surface area contributed by atoms with Gasteiger partial charge in [0.1, 0.15) is 0 Å². The molecule has 0 saturated heterocycles. The maximum Gasteiger partial charge on any atom is 0.236 e. The summed E-state index contributed by atoms with van der Waals surface area (Å²) in [6.45, 7) is 4.67. The summed E-state index contributed by atoms with van der Waals surface area (Å²) in [7, 11) is 4.03. The maximum atomic E-state index is 11.9. The van der Waals surface area contributed by atoms with Gasteiger partial charge in [0, 0.05) is 6.54 Å². The van der Waals surface area contributed by atoms with Crippen molar-refractivity contribution in [3.8, 4) is 0 Å². The fraction of sp³-hybridized carbons (Fsp3) is 0.562. The molecule has 1 aromatic carbocycles. The zero-order chi connectivity index (χ0) is 15.1. The lowest BCUT2D eigenvalue weighted by molar-refractivity contribution is -0.122. The molecule has 0 bridgehead atoms. The van der Waals surface area contributed by atoms with Gasteiger partial charge in [-0.3, -0.25) is 4.79 Å². The Morgan fingerprint density at radius 3 is 2.40 bits per heavy atom. The van der Waals surface area contributed by atoms with Crippen molar-refractivity contribution in [3.05, 3.63) is 35.4 Å². The Morgan fingerprint density at radius 1 is 1.30 bits per heavy atom. The highest BCUT2D eigenvalue weighted by Gasteiger charge is 2.17. The molecule has 20 heavy (non-hydrogen) atoms. The predicted molar refractivity (Wildman–Crippen MR) is 83.5 cm³/mol. The Balaban J connectivity index is 2.64. The first-order valence-electron chi connectivity index (χ1n) is 7.22. The minimum atomic E-state index is -0.402. The molecule has 112 valence electrons. The lowest BCUT2D eigenvalue weighted by Crippen LogP contribution is -2.43. The van der Waals surface area contributed by atoms with Gasteiger partial charge in [0.15, 0.2) is 0 Å². The summed E-state index contributed by atoms with van der Waals surface area (Å²) >= 11 is 0. The molecule has 0 aliphatic carbocycles. The lowest BCUT2D eigenvalue weighted by Gasteiger charge is -2.26. The predicted octanol–water partition coefficient (Wildman–Crippen LogP) is 1.84. The largest absolute Gasteiger partial charge is 0.353 e. The average Bonchev–Trinajstić information content (AvgIpc) is 2.40. The highest BCUT2D eigenvalue weighted by atomic mass is 16.2. The summed E-state index contributed by atoms with van der Waals surface area (Å²) in [5, 5.41) is 2.96. The van der Waals surface area contributed by atoms with Crippen LogP contribution in [0.15, 0.2) is 24.3 Å². The van der Waals surface area contributed by atoms with Gasteiger partial charge in [0.25, 0.3) is 0 Å². The van der Waals surface area contributed by atoms with Crippen LogP contribution >= 0.6 is 0 Å². The molecule has 4 nitrogen and oxygen atoms in total. The van der Waals surface area contributed by atoms with Crippen molar-refractivity contribution in [1.82, 2.24) is 10.2 Å². The number of aryl methyl sites for hydroxylation is 1. The molecule has 2 atom stereocenters. The van der Waals surface area contributed by atoms with E-state index in [2.05, 4.69) is 41.4 Å². The summed E-state index contributed by atoms with van der Waals surface area (Å²) in [5.41, 5.74) is 8.26. The van der Waals surface area contributed by atoms with Gasteiger partial charge in [-0.1, -0.05) is 43.2 Å². The number of hydrogen-bond acceptors (Lipinski definition) is 3. The first-order valence-corrected chi connectivity index (χ1v) is 7.22. The van der Waals surface area contributed by atoms with Crippen molar-refractivity contribution in [2.24, 2.45) is 5.73 Å². The highest BCUT2D eigenvalue weighted by molar-refractivity contribution is 5.81. The Hall–Kier alpha value is -1.39. The van der Waals surface area contributed by atoms with E-state index in [0.29, 0.717) is 6.54 Å². The van der Waals surface area contributed by atoms with Crippen LogP contribution in [0.1, 0.15) is 36.9 Å². The SMILES string of the molecule is CCCC(N)C(=O)NCC(c1ccc(C)cc1)N(C)C. The monoisotopic (exact) mass is 277 g/mol. The second-order valence-electron chi connectivity index (χ2n) is 5.53. The molecule has 0 spiro atoms. The smallest absolute Gasteiger partial charge is 0.236 e. The van der Waals surface area contributed by atoms with E-state index in [-0.39, 0.29) is 11.9 Å². The van der Waals surface area contributed by atoms with Crippen molar-refractivity contribution in [2.45, 2.75) is 38.8 Å². The van der Waals surface area contributed by atoms with Gasteiger partial charge in [0.05, 0.1) is 12.1 Å². The van der Waals surface area contributed by atoms with Crippen LogP contribution in [0.2, 0.25) is 0 Å². The van der Waals surface area contributed by atoms with E-state index >= 15 is 0 Å². The molecule has 0 heterocycles. The van der Waals surface area contributed by atoms with Gasteiger partial charge >= 0.3 is 0 Å². The van der Waals surface area contributed by atoms with Crippen LogP contribution in [0.4, 0.5) is 0 Å². The second-order valence-corrected chi connectivity index (χ2v) is 5.53. The minimum Gasteiger partial charge on any atom is -0.353 e. The molecule has 1 amide bonds. The Kier molecular flexibility index (Phi) is 6.68. The number of carbonyl (C=O) groups excluding carboxylic acids is 1. The molecular formula is C16H27N3O. The molecule has 2 unspecified atom stereocenters. The van der Waals surface area contributed by atoms with Crippen molar-refractivity contribution >= 4 is 5.91 Å². The maximum absolute atomic E-state index is 11.9. The summed E-state index contributed by atoms with van der Waals surface area (Å²) < 4.78 is 0. The number of nitrogens with two attached hydrogens (primary N) is 1. The van der Waals surface area contributed by atoms with Crippen LogP contribution in [0.3, 0.4) is 0 Å². The van der Waals surface area contributed by atoms with Gasteiger partial charge in [-0.2, -0.15) is 0 Å². The first kappa shape index (κ1) is 16.7. The lowest BCUT2D eigenvalue weighted by atomic mass is 10.0. The van der Waals surface area contributed by atoms with E-state index in [0.717, 1.165) is 12.8 Å². The average molecular weight is 277 g/mol. The molecule has 0 aromatic heterocycles. The molecule has 1 aromatic rings. The number of nitrogens with zero attached hydrogens (tertiary/aromatic N) is 1. The number of likely N-dealkylation sites (N-methyl/N-ethyl adjacent to an activating group) is 1. The Morgan fingerprint density at radius 2 is 1.90 bits per heavy atom. The number of carbonyl (C=O) groups is 1. The van der Waals surface area contributed by atoms with Crippen LogP contribution in [-0.4, -0.2) is 37.5 Å². The quantitative estimate of drug-likeness (QED) is 0.799.